The quantitative estimate of drug-likeness (QED) is 0.853. The van der Waals surface area contributed by atoms with E-state index in [1.54, 1.807) is 0 Å². The van der Waals surface area contributed by atoms with E-state index >= 15 is 0 Å². The van der Waals surface area contributed by atoms with E-state index in [-0.39, 0.29) is 18.9 Å². The summed E-state index contributed by atoms with van der Waals surface area (Å²) in [7, 11) is 0. The van der Waals surface area contributed by atoms with Crippen molar-refractivity contribution in [1.82, 2.24) is 10.2 Å². The Morgan fingerprint density at radius 3 is 2.43 bits per heavy atom. The average Bonchev–Trinajstić information content (AvgIpc) is 3.02. The molecule has 3 amide bonds. The molecule has 1 fully saturated rings. The maximum atomic E-state index is 12.8. The predicted molar refractivity (Wildman–Crippen MR) is 80.8 cm³/mol. The van der Waals surface area contributed by atoms with Crippen molar-refractivity contribution in [2.45, 2.75) is 31.2 Å². The second-order valence-corrected chi connectivity index (χ2v) is 6.07. The van der Waals surface area contributed by atoms with E-state index in [1.807, 2.05) is 30.3 Å². The second-order valence-electron chi connectivity index (χ2n) is 6.07. The van der Waals surface area contributed by atoms with Gasteiger partial charge in [-0.2, -0.15) is 10.5 Å². The number of hydrogen-bond acceptors (Lipinski definition) is 4. The van der Waals surface area contributed by atoms with Gasteiger partial charge in [-0.1, -0.05) is 24.3 Å². The van der Waals surface area contributed by atoms with Gasteiger partial charge in [0.05, 0.1) is 18.1 Å². The van der Waals surface area contributed by atoms with E-state index < -0.39 is 17.5 Å². The van der Waals surface area contributed by atoms with Gasteiger partial charge in [0.25, 0.3) is 5.91 Å². The zero-order valence-electron chi connectivity index (χ0n) is 12.6. The van der Waals surface area contributed by atoms with E-state index in [2.05, 4.69) is 11.4 Å². The van der Waals surface area contributed by atoms with Crippen molar-refractivity contribution in [1.29, 1.82) is 10.5 Å². The number of hydrogen-bond donors (Lipinski definition) is 1. The zero-order chi connectivity index (χ0) is 16.4. The number of nitrogens with zero attached hydrogens (tertiary/aromatic N) is 3. The van der Waals surface area contributed by atoms with Gasteiger partial charge in [0, 0.05) is 25.8 Å². The van der Waals surface area contributed by atoms with Crippen LogP contribution in [0.15, 0.2) is 24.3 Å². The number of imide groups is 1. The lowest BCUT2D eigenvalue weighted by Crippen LogP contribution is -2.48. The Morgan fingerprint density at radius 1 is 1.22 bits per heavy atom. The monoisotopic (exact) mass is 308 g/mol. The van der Waals surface area contributed by atoms with Gasteiger partial charge >= 0.3 is 6.03 Å². The van der Waals surface area contributed by atoms with Crippen LogP contribution >= 0.6 is 0 Å². The first-order valence-electron chi connectivity index (χ1n) is 7.57. The highest BCUT2D eigenvalue weighted by Crippen LogP contribution is 2.35. The van der Waals surface area contributed by atoms with Crippen molar-refractivity contribution in [3.05, 3.63) is 35.4 Å². The number of nitrogens with one attached hydrogen (secondary N) is 1. The molecule has 3 rings (SSSR count). The number of carbonyl (C=O) groups excluding carboxylic acids is 2. The Labute approximate surface area is 134 Å². The maximum Gasteiger partial charge on any atom is 0.325 e. The number of fused-ring (bicyclic) bond motifs is 1. The molecule has 116 valence electrons. The number of benzene rings is 1. The van der Waals surface area contributed by atoms with Crippen molar-refractivity contribution in [2.24, 2.45) is 5.92 Å². The van der Waals surface area contributed by atoms with Gasteiger partial charge in [-0.3, -0.25) is 9.69 Å². The van der Waals surface area contributed by atoms with Gasteiger partial charge in [-0.15, -0.1) is 0 Å². The van der Waals surface area contributed by atoms with Crippen LogP contribution in [-0.2, 0) is 17.6 Å². The molecule has 1 saturated heterocycles. The predicted octanol–water partition coefficient (Wildman–Crippen LogP) is 1.52. The summed E-state index contributed by atoms with van der Waals surface area (Å²) >= 11 is 0. The normalized spacial score (nSPS) is 19.1. The minimum atomic E-state index is -0.907. The van der Waals surface area contributed by atoms with Gasteiger partial charge in [0.2, 0.25) is 0 Å². The summed E-state index contributed by atoms with van der Waals surface area (Å²) in [5.41, 5.74) is 1.24. The number of carbonyl (C=O) groups is 2. The Balaban J connectivity index is 1.77. The third kappa shape index (κ3) is 2.53. The number of amides is 3. The van der Waals surface area contributed by atoms with Crippen LogP contribution in [0.5, 0.6) is 0 Å². The molecule has 1 aliphatic heterocycles. The third-order valence-electron chi connectivity index (χ3n) is 4.54. The molecular weight excluding hydrogens is 292 g/mol. The minimum Gasteiger partial charge on any atom is -0.322 e. The summed E-state index contributed by atoms with van der Waals surface area (Å²) in [6.07, 6.45) is 1.56. The summed E-state index contributed by atoms with van der Waals surface area (Å²) in [6.45, 7) is 0.0426. The fourth-order valence-electron chi connectivity index (χ4n) is 3.35. The van der Waals surface area contributed by atoms with Crippen LogP contribution in [0.1, 0.15) is 24.0 Å². The molecule has 23 heavy (non-hydrogen) atoms. The number of nitriles is 2. The van der Waals surface area contributed by atoms with Crippen molar-refractivity contribution in [3.8, 4) is 12.1 Å². The molecule has 6 nitrogen and oxygen atoms in total. The first-order chi connectivity index (χ1) is 11.1. The van der Waals surface area contributed by atoms with E-state index in [9.17, 15) is 9.59 Å². The molecule has 6 heteroatoms. The molecule has 1 aromatic rings. The van der Waals surface area contributed by atoms with Gasteiger partial charge in [0.1, 0.15) is 5.54 Å². The first-order valence-corrected chi connectivity index (χ1v) is 7.57. The third-order valence-corrected chi connectivity index (χ3v) is 4.54. The van der Waals surface area contributed by atoms with E-state index in [0.29, 0.717) is 19.3 Å². The van der Waals surface area contributed by atoms with E-state index in [1.165, 1.54) is 0 Å². The zero-order valence-corrected chi connectivity index (χ0v) is 12.6. The highest BCUT2D eigenvalue weighted by atomic mass is 16.2. The van der Waals surface area contributed by atoms with Crippen LogP contribution in [0.4, 0.5) is 4.79 Å². The Kier molecular flexibility index (Phi) is 3.75. The SMILES string of the molecule is N#CCCC(C#N)CN1C(=O)NC2(Cc3ccccc3C2)C1=O. The molecule has 0 saturated carbocycles. The second kappa shape index (κ2) is 5.73. The highest BCUT2D eigenvalue weighted by Gasteiger charge is 2.54. The average molecular weight is 308 g/mol. The summed E-state index contributed by atoms with van der Waals surface area (Å²) in [5, 5.41) is 20.6. The van der Waals surface area contributed by atoms with E-state index in [0.717, 1.165) is 16.0 Å². The van der Waals surface area contributed by atoms with Crippen molar-refractivity contribution >= 4 is 11.9 Å². The van der Waals surface area contributed by atoms with Crippen LogP contribution in [0, 0.1) is 28.6 Å². The molecule has 2 aliphatic rings. The fraction of sp³-hybridized carbons (Fsp3) is 0.412. The van der Waals surface area contributed by atoms with E-state index in [4.69, 9.17) is 10.5 Å². The van der Waals surface area contributed by atoms with Crippen LogP contribution < -0.4 is 5.32 Å². The molecule has 0 aromatic heterocycles. The molecule has 1 spiro atoms. The van der Waals surface area contributed by atoms with Crippen LogP contribution in [0.2, 0.25) is 0 Å². The highest BCUT2D eigenvalue weighted by molar-refractivity contribution is 6.07. The Morgan fingerprint density at radius 2 is 1.87 bits per heavy atom. The molecular formula is C17H16N4O2. The minimum absolute atomic E-state index is 0.0426. The number of urea groups is 1. The first kappa shape index (κ1) is 15.1. The Hall–Kier alpha value is -2.86. The molecule has 1 aromatic carbocycles. The van der Waals surface area contributed by atoms with Crippen molar-refractivity contribution < 1.29 is 9.59 Å². The summed E-state index contributed by atoms with van der Waals surface area (Å²) in [5.74, 6) is -0.779. The topological polar surface area (TPSA) is 97.0 Å². The van der Waals surface area contributed by atoms with Gasteiger partial charge < -0.3 is 5.32 Å². The smallest absolute Gasteiger partial charge is 0.322 e. The van der Waals surface area contributed by atoms with Gasteiger partial charge in [0.15, 0.2) is 0 Å². The number of rotatable bonds is 4. The summed E-state index contributed by atoms with van der Waals surface area (Å²) < 4.78 is 0. The van der Waals surface area contributed by atoms with Crippen LogP contribution in [0.25, 0.3) is 0 Å². The molecule has 1 aliphatic carbocycles. The van der Waals surface area contributed by atoms with Crippen LogP contribution in [0.3, 0.4) is 0 Å². The Bertz CT molecular complexity index is 719. The maximum absolute atomic E-state index is 12.8. The lowest BCUT2D eigenvalue weighted by Gasteiger charge is -2.21. The summed E-state index contributed by atoms with van der Waals surface area (Å²) in [4.78, 5) is 26.2. The largest absolute Gasteiger partial charge is 0.325 e. The molecule has 1 N–H and O–H groups in total. The van der Waals surface area contributed by atoms with Crippen molar-refractivity contribution in [2.75, 3.05) is 6.54 Å². The lowest BCUT2D eigenvalue weighted by molar-refractivity contribution is -0.131. The molecule has 1 atom stereocenters. The lowest BCUT2D eigenvalue weighted by atomic mass is 9.95. The molecule has 0 radical (unpaired) electrons. The van der Waals surface area contributed by atoms with Gasteiger partial charge in [-0.25, -0.2) is 4.79 Å². The molecule has 1 unspecified atom stereocenters. The van der Waals surface area contributed by atoms with Crippen molar-refractivity contribution in [3.63, 3.8) is 0 Å². The standard InChI is InChI=1S/C17H16N4O2/c18-7-3-4-12(10-19)11-21-15(22)17(20-16(21)23)8-13-5-1-2-6-14(13)9-17/h1-2,5-6,12H,3-4,8-9,11H2,(H,20,23). The van der Waals surface area contributed by atoms with Gasteiger partial charge in [-0.05, 0) is 17.5 Å². The molecule has 1 heterocycles. The fourth-order valence-corrected chi connectivity index (χ4v) is 3.35. The molecule has 0 bridgehead atoms. The summed E-state index contributed by atoms with van der Waals surface area (Å²) in [6, 6.07) is 11.4. The van der Waals surface area contributed by atoms with Crippen LogP contribution in [-0.4, -0.2) is 28.9 Å².